The van der Waals surface area contributed by atoms with Crippen molar-refractivity contribution in [3.8, 4) is 17.2 Å². The number of hydrogen-bond donors (Lipinski definition) is 0. The van der Waals surface area contributed by atoms with Crippen LogP contribution in [0, 0.1) is 0 Å². The summed E-state index contributed by atoms with van der Waals surface area (Å²) in [6, 6.07) is 2.78. The number of methoxy groups -OCH3 is 3. The molecule has 2 aliphatic rings. The number of nitrogens with zero attached hydrogens (tertiary/aromatic N) is 2. The van der Waals surface area contributed by atoms with Crippen LogP contribution in [0.1, 0.15) is 38.8 Å². The molecule has 2 heterocycles. The first-order valence-electron chi connectivity index (χ1n) is 9.57. The fraction of sp³-hybridized carbons (Fsp3) is 0.476. The average molecular weight is 435 g/mol. The third-order valence-corrected chi connectivity index (χ3v) is 5.73. The fourth-order valence-electron chi connectivity index (χ4n) is 3.51. The minimum Gasteiger partial charge on any atom is -0.493 e. The first-order valence-corrected chi connectivity index (χ1v) is 10.6. The standard InChI is InChI=1S/C21H26N2O6S/c1-11(2)29-20(25)17-12(3)22-21-23(16(24)7-8-30-21)18(17)13-9-14(26-4)19(28-6)15(10-13)27-5/h9-11,18H,7-8H2,1-6H3. The molecule has 1 atom stereocenters. The predicted molar refractivity (Wildman–Crippen MR) is 114 cm³/mol. The van der Waals surface area contributed by atoms with Gasteiger partial charge in [0.25, 0.3) is 0 Å². The summed E-state index contributed by atoms with van der Waals surface area (Å²) < 4.78 is 21.9. The molecule has 0 saturated carbocycles. The molecule has 1 amide bonds. The first kappa shape index (κ1) is 22.0. The Morgan fingerprint density at radius 3 is 2.33 bits per heavy atom. The molecule has 1 fully saturated rings. The van der Waals surface area contributed by atoms with Gasteiger partial charge in [-0.1, -0.05) is 11.8 Å². The van der Waals surface area contributed by atoms with Crippen molar-refractivity contribution in [3.05, 3.63) is 29.0 Å². The second kappa shape index (κ2) is 8.99. The van der Waals surface area contributed by atoms with Crippen molar-refractivity contribution >= 4 is 28.8 Å². The average Bonchev–Trinajstić information content (AvgIpc) is 2.71. The molecule has 0 aliphatic carbocycles. The Balaban J connectivity index is 2.23. The molecule has 162 valence electrons. The van der Waals surface area contributed by atoms with Crippen LogP contribution >= 0.6 is 11.8 Å². The van der Waals surface area contributed by atoms with Gasteiger partial charge in [0, 0.05) is 12.2 Å². The Bertz CT molecular complexity index is 899. The van der Waals surface area contributed by atoms with E-state index in [1.54, 1.807) is 37.8 Å². The third kappa shape index (κ3) is 3.98. The lowest BCUT2D eigenvalue weighted by atomic mass is 9.93. The highest BCUT2D eigenvalue weighted by Gasteiger charge is 2.42. The molecule has 9 heteroatoms. The fourth-order valence-corrected chi connectivity index (χ4v) is 4.52. The smallest absolute Gasteiger partial charge is 0.338 e. The van der Waals surface area contributed by atoms with Crippen molar-refractivity contribution in [1.82, 2.24) is 4.90 Å². The number of thioether (sulfide) groups is 1. The summed E-state index contributed by atoms with van der Waals surface area (Å²) in [5, 5.41) is 0.573. The molecular formula is C21H26N2O6S. The highest BCUT2D eigenvalue weighted by molar-refractivity contribution is 8.14. The topological polar surface area (TPSA) is 86.7 Å². The minimum atomic E-state index is -0.710. The van der Waals surface area contributed by atoms with Crippen LogP contribution in [0.15, 0.2) is 28.4 Å². The van der Waals surface area contributed by atoms with Crippen LogP contribution in [0.3, 0.4) is 0 Å². The number of rotatable bonds is 6. The van der Waals surface area contributed by atoms with E-state index in [1.165, 1.54) is 33.1 Å². The molecule has 1 unspecified atom stereocenters. The number of esters is 1. The zero-order valence-electron chi connectivity index (χ0n) is 18.0. The predicted octanol–water partition coefficient (Wildman–Crippen LogP) is 3.31. The van der Waals surface area contributed by atoms with Crippen molar-refractivity contribution in [2.45, 2.75) is 39.3 Å². The number of allylic oxidation sites excluding steroid dienone is 1. The van der Waals surface area contributed by atoms with Gasteiger partial charge in [-0.15, -0.1) is 0 Å². The van der Waals surface area contributed by atoms with E-state index in [1.807, 2.05) is 0 Å². The Hall–Kier alpha value is -2.68. The Morgan fingerprint density at radius 1 is 1.17 bits per heavy atom. The lowest BCUT2D eigenvalue weighted by Crippen LogP contribution is -2.46. The van der Waals surface area contributed by atoms with Gasteiger partial charge in [0.2, 0.25) is 11.7 Å². The zero-order chi connectivity index (χ0) is 22.0. The van der Waals surface area contributed by atoms with E-state index in [0.29, 0.717) is 51.4 Å². The lowest BCUT2D eigenvalue weighted by molar-refractivity contribution is -0.143. The van der Waals surface area contributed by atoms with Crippen LogP contribution < -0.4 is 14.2 Å². The van der Waals surface area contributed by atoms with E-state index in [-0.39, 0.29) is 12.0 Å². The molecule has 30 heavy (non-hydrogen) atoms. The molecule has 0 bridgehead atoms. The van der Waals surface area contributed by atoms with E-state index in [4.69, 9.17) is 18.9 Å². The van der Waals surface area contributed by atoms with Gasteiger partial charge in [0.05, 0.1) is 44.7 Å². The van der Waals surface area contributed by atoms with Crippen LogP contribution in [-0.4, -0.2) is 55.1 Å². The molecule has 1 saturated heterocycles. The van der Waals surface area contributed by atoms with Gasteiger partial charge in [0.1, 0.15) is 0 Å². The largest absolute Gasteiger partial charge is 0.493 e. The Morgan fingerprint density at radius 2 is 1.80 bits per heavy atom. The second-order valence-electron chi connectivity index (χ2n) is 7.07. The van der Waals surface area contributed by atoms with E-state index >= 15 is 0 Å². The van der Waals surface area contributed by atoms with Gasteiger partial charge in [-0.2, -0.15) is 0 Å². The molecule has 8 nitrogen and oxygen atoms in total. The summed E-state index contributed by atoms with van der Waals surface area (Å²) in [4.78, 5) is 32.0. The summed E-state index contributed by atoms with van der Waals surface area (Å²) in [6.07, 6.45) is 0.0473. The van der Waals surface area contributed by atoms with Crippen LogP contribution in [0.5, 0.6) is 17.2 Å². The number of aliphatic imine (C=N–C) groups is 1. The molecule has 2 aliphatic heterocycles. The van der Waals surface area contributed by atoms with E-state index in [9.17, 15) is 9.59 Å². The number of amides is 1. The maximum atomic E-state index is 13.0. The maximum Gasteiger partial charge on any atom is 0.338 e. The lowest BCUT2D eigenvalue weighted by Gasteiger charge is -2.39. The number of ether oxygens (including phenoxy) is 4. The number of fused-ring (bicyclic) bond motifs is 1. The third-order valence-electron chi connectivity index (χ3n) is 4.77. The molecule has 1 aromatic carbocycles. The van der Waals surface area contributed by atoms with Gasteiger partial charge in [0.15, 0.2) is 16.7 Å². The highest BCUT2D eigenvalue weighted by atomic mass is 32.2. The quantitative estimate of drug-likeness (QED) is 0.635. The normalized spacial score (nSPS) is 18.8. The summed E-state index contributed by atoms with van der Waals surface area (Å²) in [5.41, 5.74) is 1.48. The van der Waals surface area contributed by atoms with Crippen molar-refractivity contribution < 1.29 is 28.5 Å². The molecular weight excluding hydrogens is 408 g/mol. The zero-order valence-corrected chi connectivity index (χ0v) is 18.8. The van der Waals surface area contributed by atoms with Gasteiger partial charge in [-0.3, -0.25) is 9.69 Å². The number of amidine groups is 1. The summed E-state index contributed by atoms with van der Waals surface area (Å²) in [5.74, 6) is 1.33. The van der Waals surface area contributed by atoms with Gasteiger partial charge < -0.3 is 18.9 Å². The van der Waals surface area contributed by atoms with Crippen LogP contribution in [0.25, 0.3) is 0 Å². The Labute approximate surface area is 180 Å². The first-order chi connectivity index (χ1) is 14.3. The van der Waals surface area contributed by atoms with Crippen molar-refractivity contribution in [3.63, 3.8) is 0 Å². The minimum absolute atomic E-state index is 0.103. The maximum absolute atomic E-state index is 13.0. The van der Waals surface area contributed by atoms with Crippen molar-refractivity contribution in [2.24, 2.45) is 4.99 Å². The number of benzene rings is 1. The number of hydrogen-bond acceptors (Lipinski definition) is 8. The van der Waals surface area contributed by atoms with E-state index in [2.05, 4.69) is 4.99 Å². The van der Waals surface area contributed by atoms with Gasteiger partial charge in [-0.05, 0) is 38.5 Å². The molecule has 3 rings (SSSR count). The number of carbonyl (C=O) groups is 2. The molecule has 0 spiro atoms. The van der Waals surface area contributed by atoms with Crippen LogP contribution in [0.4, 0.5) is 0 Å². The van der Waals surface area contributed by atoms with E-state index in [0.717, 1.165) is 0 Å². The monoisotopic (exact) mass is 434 g/mol. The van der Waals surface area contributed by atoms with Gasteiger partial charge in [-0.25, -0.2) is 9.79 Å². The molecule has 0 radical (unpaired) electrons. The SMILES string of the molecule is COc1cc(C2C(C(=O)OC(C)C)=C(C)N=C3SCCC(=O)N32)cc(OC)c1OC. The summed E-state index contributed by atoms with van der Waals surface area (Å²) in [6.45, 7) is 5.31. The van der Waals surface area contributed by atoms with Crippen molar-refractivity contribution in [1.29, 1.82) is 0 Å². The van der Waals surface area contributed by atoms with Crippen LogP contribution in [0.2, 0.25) is 0 Å². The highest BCUT2D eigenvalue weighted by Crippen LogP contribution is 2.46. The Kier molecular flexibility index (Phi) is 6.60. The molecule has 0 aromatic heterocycles. The number of carbonyl (C=O) groups excluding carboxylic acids is 2. The van der Waals surface area contributed by atoms with E-state index < -0.39 is 12.0 Å². The molecule has 0 N–H and O–H groups in total. The van der Waals surface area contributed by atoms with Crippen LogP contribution in [-0.2, 0) is 14.3 Å². The second-order valence-corrected chi connectivity index (χ2v) is 8.13. The van der Waals surface area contributed by atoms with Gasteiger partial charge >= 0.3 is 5.97 Å². The molecule has 1 aromatic rings. The van der Waals surface area contributed by atoms with Crippen molar-refractivity contribution in [2.75, 3.05) is 27.1 Å². The summed E-state index contributed by atoms with van der Waals surface area (Å²) >= 11 is 1.49. The summed E-state index contributed by atoms with van der Waals surface area (Å²) in [7, 11) is 4.56.